The van der Waals surface area contributed by atoms with Crippen LogP contribution in [0.5, 0.6) is 0 Å². The van der Waals surface area contributed by atoms with Gasteiger partial charge >= 0.3 is 0 Å². The van der Waals surface area contributed by atoms with E-state index in [1.54, 1.807) is 0 Å². The lowest BCUT2D eigenvalue weighted by molar-refractivity contribution is -0.127. The Bertz CT molecular complexity index is 466. The van der Waals surface area contributed by atoms with E-state index in [2.05, 4.69) is 4.98 Å². The first-order valence-electron chi connectivity index (χ1n) is 8.49. The van der Waals surface area contributed by atoms with Crippen molar-refractivity contribution in [1.82, 2.24) is 4.98 Å². The standard InChI is InChI=1S/C18H26N2O/c19-11-15(16-3-1-2-4-20-16)17(21)18-8-12-5-13(9-18)7-14(6-12)10-18/h1-4,12-15,17,21H,5-11,19H2. The smallest absolute Gasteiger partial charge is 0.0692 e. The van der Waals surface area contributed by atoms with Crippen molar-refractivity contribution in [3.05, 3.63) is 30.1 Å². The molecule has 2 unspecified atom stereocenters. The Balaban J connectivity index is 1.62. The first kappa shape index (κ1) is 13.7. The number of aromatic nitrogens is 1. The van der Waals surface area contributed by atoms with Crippen LogP contribution >= 0.6 is 0 Å². The zero-order valence-corrected chi connectivity index (χ0v) is 12.6. The normalized spacial score (nSPS) is 40.2. The summed E-state index contributed by atoms with van der Waals surface area (Å²) in [5.74, 6) is 2.55. The highest BCUT2D eigenvalue weighted by Crippen LogP contribution is 2.62. The Morgan fingerprint density at radius 1 is 1.14 bits per heavy atom. The molecule has 5 rings (SSSR count). The van der Waals surface area contributed by atoms with Crippen molar-refractivity contribution in [2.45, 2.75) is 50.5 Å². The minimum absolute atomic E-state index is 0.0116. The van der Waals surface area contributed by atoms with Gasteiger partial charge in [0.2, 0.25) is 0 Å². The van der Waals surface area contributed by atoms with Gasteiger partial charge in [-0.25, -0.2) is 0 Å². The maximum atomic E-state index is 11.2. The summed E-state index contributed by atoms with van der Waals surface area (Å²) in [6.45, 7) is 0.486. The molecule has 2 atom stereocenters. The fraction of sp³-hybridized carbons (Fsp3) is 0.722. The highest BCUT2D eigenvalue weighted by atomic mass is 16.3. The third-order valence-corrected chi connectivity index (χ3v) is 6.42. The van der Waals surface area contributed by atoms with E-state index >= 15 is 0 Å². The zero-order chi connectivity index (χ0) is 14.4. The summed E-state index contributed by atoms with van der Waals surface area (Å²) in [6.07, 6.45) is 9.33. The highest BCUT2D eigenvalue weighted by molar-refractivity contribution is 5.16. The van der Waals surface area contributed by atoms with Crippen molar-refractivity contribution < 1.29 is 5.11 Å². The molecule has 114 valence electrons. The number of hydrogen-bond donors (Lipinski definition) is 2. The summed E-state index contributed by atoms with van der Waals surface area (Å²) in [6, 6.07) is 5.94. The summed E-state index contributed by atoms with van der Waals surface area (Å²) in [7, 11) is 0. The van der Waals surface area contributed by atoms with Gasteiger partial charge in [0.1, 0.15) is 0 Å². The average molecular weight is 286 g/mol. The molecule has 4 fully saturated rings. The number of nitrogens with two attached hydrogens (primary N) is 1. The predicted molar refractivity (Wildman–Crippen MR) is 82.6 cm³/mol. The Morgan fingerprint density at radius 2 is 1.76 bits per heavy atom. The molecular weight excluding hydrogens is 260 g/mol. The van der Waals surface area contributed by atoms with E-state index in [4.69, 9.17) is 5.73 Å². The van der Waals surface area contributed by atoms with Crippen LogP contribution in [-0.2, 0) is 0 Å². The molecular formula is C18H26N2O. The van der Waals surface area contributed by atoms with E-state index < -0.39 is 0 Å². The Hall–Kier alpha value is -0.930. The third kappa shape index (κ3) is 2.22. The van der Waals surface area contributed by atoms with Gasteiger partial charge in [-0.3, -0.25) is 4.98 Å². The van der Waals surface area contributed by atoms with Gasteiger partial charge in [0.05, 0.1) is 6.10 Å². The van der Waals surface area contributed by atoms with Crippen molar-refractivity contribution in [2.24, 2.45) is 28.9 Å². The van der Waals surface area contributed by atoms with Crippen molar-refractivity contribution >= 4 is 0 Å². The van der Waals surface area contributed by atoms with Gasteiger partial charge in [-0.2, -0.15) is 0 Å². The van der Waals surface area contributed by atoms with Crippen LogP contribution < -0.4 is 5.73 Å². The number of aliphatic hydroxyl groups excluding tert-OH is 1. The van der Waals surface area contributed by atoms with Crippen LogP contribution in [-0.4, -0.2) is 22.7 Å². The molecule has 4 bridgehead atoms. The van der Waals surface area contributed by atoms with Gasteiger partial charge < -0.3 is 10.8 Å². The fourth-order valence-electron chi connectivity index (χ4n) is 5.97. The lowest BCUT2D eigenvalue weighted by Gasteiger charge is -2.59. The van der Waals surface area contributed by atoms with Gasteiger partial charge in [-0.15, -0.1) is 0 Å². The van der Waals surface area contributed by atoms with E-state index in [-0.39, 0.29) is 17.4 Å². The quantitative estimate of drug-likeness (QED) is 0.894. The van der Waals surface area contributed by atoms with E-state index in [0.717, 1.165) is 23.4 Å². The fourth-order valence-corrected chi connectivity index (χ4v) is 5.97. The molecule has 21 heavy (non-hydrogen) atoms. The molecule has 1 aromatic rings. The first-order valence-corrected chi connectivity index (χ1v) is 8.49. The molecule has 1 heterocycles. The predicted octanol–water partition coefficient (Wildman–Crippen LogP) is 2.70. The van der Waals surface area contributed by atoms with E-state index in [0.29, 0.717) is 6.54 Å². The molecule has 0 radical (unpaired) electrons. The number of pyridine rings is 1. The first-order chi connectivity index (χ1) is 10.2. The van der Waals surface area contributed by atoms with Crippen LogP contribution in [0.2, 0.25) is 0 Å². The Morgan fingerprint density at radius 3 is 2.24 bits per heavy atom. The SMILES string of the molecule is NCC(c1ccccn1)C(O)C12CC3CC(CC(C3)C1)C2. The lowest BCUT2D eigenvalue weighted by Crippen LogP contribution is -2.54. The molecule has 1 aromatic heterocycles. The second-order valence-corrected chi connectivity index (χ2v) is 7.82. The molecule has 4 aliphatic rings. The number of hydrogen-bond acceptors (Lipinski definition) is 3. The second kappa shape index (κ2) is 5.06. The zero-order valence-electron chi connectivity index (χ0n) is 12.6. The molecule has 0 aliphatic heterocycles. The average Bonchev–Trinajstić information content (AvgIpc) is 2.47. The van der Waals surface area contributed by atoms with Crippen LogP contribution in [0.3, 0.4) is 0 Å². The van der Waals surface area contributed by atoms with Crippen LogP contribution in [0.1, 0.15) is 50.1 Å². The Labute approximate surface area is 127 Å². The molecule has 3 nitrogen and oxygen atoms in total. The van der Waals surface area contributed by atoms with Crippen LogP contribution in [0.4, 0.5) is 0 Å². The lowest BCUT2D eigenvalue weighted by atomic mass is 9.47. The van der Waals surface area contributed by atoms with E-state index in [1.165, 1.54) is 38.5 Å². The minimum atomic E-state index is -0.328. The van der Waals surface area contributed by atoms with E-state index in [9.17, 15) is 5.11 Å². The minimum Gasteiger partial charge on any atom is -0.392 e. The van der Waals surface area contributed by atoms with Crippen molar-refractivity contribution in [2.75, 3.05) is 6.54 Å². The summed E-state index contributed by atoms with van der Waals surface area (Å²) in [5, 5.41) is 11.2. The van der Waals surface area contributed by atoms with Gasteiger partial charge in [-0.1, -0.05) is 6.07 Å². The van der Waals surface area contributed by atoms with Gasteiger partial charge in [0.15, 0.2) is 0 Å². The topological polar surface area (TPSA) is 59.1 Å². The monoisotopic (exact) mass is 286 g/mol. The molecule has 0 aromatic carbocycles. The number of aliphatic hydroxyl groups is 1. The molecule has 4 aliphatic carbocycles. The summed E-state index contributed by atoms with van der Waals surface area (Å²) in [5.41, 5.74) is 7.11. The van der Waals surface area contributed by atoms with Crippen LogP contribution in [0.25, 0.3) is 0 Å². The summed E-state index contributed by atoms with van der Waals surface area (Å²) >= 11 is 0. The van der Waals surface area contributed by atoms with Crippen molar-refractivity contribution in [3.63, 3.8) is 0 Å². The van der Waals surface area contributed by atoms with Crippen LogP contribution in [0.15, 0.2) is 24.4 Å². The van der Waals surface area contributed by atoms with E-state index in [1.807, 2.05) is 24.4 Å². The maximum Gasteiger partial charge on any atom is 0.0692 e. The van der Waals surface area contributed by atoms with Crippen molar-refractivity contribution in [1.29, 1.82) is 0 Å². The highest BCUT2D eigenvalue weighted by Gasteiger charge is 2.55. The molecule has 3 N–H and O–H groups in total. The second-order valence-electron chi connectivity index (χ2n) is 7.82. The maximum absolute atomic E-state index is 11.2. The molecule has 0 spiro atoms. The van der Waals surface area contributed by atoms with Crippen molar-refractivity contribution in [3.8, 4) is 0 Å². The van der Waals surface area contributed by atoms with Gasteiger partial charge in [-0.05, 0) is 73.8 Å². The third-order valence-electron chi connectivity index (χ3n) is 6.42. The largest absolute Gasteiger partial charge is 0.392 e. The molecule has 0 amide bonds. The van der Waals surface area contributed by atoms with Gasteiger partial charge in [0, 0.05) is 24.4 Å². The molecule has 4 saturated carbocycles. The Kier molecular flexibility index (Phi) is 3.31. The van der Waals surface area contributed by atoms with Gasteiger partial charge in [0.25, 0.3) is 0 Å². The summed E-state index contributed by atoms with van der Waals surface area (Å²) < 4.78 is 0. The number of rotatable bonds is 4. The molecule has 3 heteroatoms. The summed E-state index contributed by atoms with van der Waals surface area (Å²) in [4.78, 5) is 4.46. The van der Waals surface area contributed by atoms with Crippen LogP contribution in [0, 0.1) is 23.2 Å². The number of nitrogens with zero attached hydrogens (tertiary/aromatic N) is 1. The molecule has 0 saturated heterocycles.